The van der Waals surface area contributed by atoms with E-state index >= 15 is 0 Å². The molecular weight excluding hydrogens is 374 g/mol. The second kappa shape index (κ2) is 11.3. The summed E-state index contributed by atoms with van der Waals surface area (Å²) in [5.74, 6) is 0.890. The molecule has 0 amide bonds. The van der Waals surface area contributed by atoms with Crippen molar-refractivity contribution in [2.24, 2.45) is 0 Å². The summed E-state index contributed by atoms with van der Waals surface area (Å²) in [6.45, 7) is 4.51. The molecule has 0 spiro atoms. The molecule has 2 atom stereocenters. The average molecular weight is 410 g/mol. The van der Waals surface area contributed by atoms with E-state index in [1.807, 2.05) is 18.5 Å². The second-order valence-corrected chi connectivity index (χ2v) is 8.51. The molecule has 3 heterocycles. The molecule has 2 saturated heterocycles. The standard InChI is InChI=1S/C25H35N3O2/c1-2-8-21(9-3-1)19-29-15-5-4-11-23-12-7-14-28(23)24-16-25(18-26-17-24)30-20-22-10-6-13-27-22/h1-3,8-9,16-18,22-23,27H,4-7,10-15,19-20H2/t22-,23-/m0/s1. The molecule has 0 radical (unpaired) electrons. The van der Waals surface area contributed by atoms with Crippen LogP contribution in [0.4, 0.5) is 5.69 Å². The van der Waals surface area contributed by atoms with Gasteiger partial charge in [-0.2, -0.15) is 0 Å². The van der Waals surface area contributed by atoms with Crippen molar-refractivity contribution in [3.8, 4) is 5.75 Å². The van der Waals surface area contributed by atoms with Crippen LogP contribution in [0, 0.1) is 0 Å². The highest BCUT2D eigenvalue weighted by molar-refractivity contribution is 5.50. The molecule has 0 saturated carbocycles. The van der Waals surface area contributed by atoms with Gasteiger partial charge < -0.3 is 19.7 Å². The molecule has 2 aliphatic rings. The topological polar surface area (TPSA) is 46.6 Å². The van der Waals surface area contributed by atoms with E-state index in [4.69, 9.17) is 9.47 Å². The van der Waals surface area contributed by atoms with Gasteiger partial charge in [0, 0.05) is 31.3 Å². The minimum atomic E-state index is 0.484. The maximum absolute atomic E-state index is 6.02. The lowest BCUT2D eigenvalue weighted by molar-refractivity contribution is 0.116. The lowest BCUT2D eigenvalue weighted by atomic mass is 10.1. The van der Waals surface area contributed by atoms with E-state index in [2.05, 4.69) is 45.5 Å². The van der Waals surface area contributed by atoms with Gasteiger partial charge >= 0.3 is 0 Å². The van der Waals surface area contributed by atoms with Crippen molar-refractivity contribution in [2.75, 3.05) is 31.2 Å². The SMILES string of the molecule is c1ccc(COCCCC[C@H]2CCCN2c2cncc(OC[C@@H]3CCCN3)c2)cc1. The van der Waals surface area contributed by atoms with Gasteiger partial charge in [-0.25, -0.2) is 0 Å². The van der Waals surface area contributed by atoms with Gasteiger partial charge in [0.2, 0.25) is 0 Å². The molecule has 2 fully saturated rings. The van der Waals surface area contributed by atoms with Gasteiger partial charge in [-0.1, -0.05) is 30.3 Å². The molecule has 5 heteroatoms. The lowest BCUT2D eigenvalue weighted by Gasteiger charge is -2.27. The first-order valence-electron chi connectivity index (χ1n) is 11.6. The summed E-state index contributed by atoms with van der Waals surface area (Å²) in [6, 6.07) is 13.7. The third-order valence-corrected chi connectivity index (χ3v) is 6.21. The zero-order chi connectivity index (χ0) is 20.4. The average Bonchev–Trinajstić information content (AvgIpc) is 3.48. The number of nitrogens with one attached hydrogen (secondary N) is 1. The molecule has 30 heavy (non-hydrogen) atoms. The predicted molar refractivity (Wildman–Crippen MR) is 121 cm³/mol. The van der Waals surface area contributed by atoms with Crippen molar-refractivity contribution in [1.82, 2.24) is 10.3 Å². The minimum absolute atomic E-state index is 0.484. The Morgan fingerprint density at radius 2 is 2.00 bits per heavy atom. The summed E-state index contributed by atoms with van der Waals surface area (Å²) in [7, 11) is 0. The van der Waals surface area contributed by atoms with Gasteiger partial charge in [0.1, 0.15) is 12.4 Å². The van der Waals surface area contributed by atoms with E-state index in [0.29, 0.717) is 18.7 Å². The Labute approximate surface area is 180 Å². The van der Waals surface area contributed by atoms with Crippen LogP contribution < -0.4 is 15.0 Å². The highest BCUT2D eigenvalue weighted by Gasteiger charge is 2.25. The van der Waals surface area contributed by atoms with Crippen LogP contribution in [0.1, 0.15) is 50.5 Å². The number of nitrogens with zero attached hydrogens (tertiary/aromatic N) is 2. The zero-order valence-electron chi connectivity index (χ0n) is 18.0. The van der Waals surface area contributed by atoms with Crippen molar-refractivity contribution < 1.29 is 9.47 Å². The molecule has 162 valence electrons. The highest BCUT2D eigenvalue weighted by atomic mass is 16.5. The number of unbranched alkanes of at least 4 members (excludes halogenated alkanes) is 1. The number of hydrogen-bond donors (Lipinski definition) is 1. The highest BCUT2D eigenvalue weighted by Crippen LogP contribution is 2.30. The molecule has 5 nitrogen and oxygen atoms in total. The monoisotopic (exact) mass is 409 g/mol. The molecule has 0 unspecified atom stereocenters. The second-order valence-electron chi connectivity index (χ2n) is 8.51. The van der Waals surface area contributed by atoms with E-state index in [1.54, 1.807) is 0 Å². The molecule has 1 aromatic heterocycles. The Balaban J connectivity index is 1.19. The van der Waals surface area contributed by atoms with Crippen LogP contribution in [-0.4, -0.2) is 43.4 Å². The van der Waals surface area contributed by atoms with Crippen LogP contribution in [0.5, 0.6) is 5.75 Å². The molecule has 1 N–H and O–H groups in total. The summed E-state index contributed by atoms with van der Waals surface area (Å²) in [5.41, 5.74) is 2.45. The normalized spacial score (nSPS) is 21.3. The number of ether oxygens (including phenoxy) is 2. The minimum Gasteiger partial charge on any atom is -0.490 e. The van der Waals surface area contributed by atoms with E-state index in [1.165, 1.54) is 49.8 Å². The molecule has 2 aliphatic heterocycles. The fourth-order valence-corrected chi connectivity index (χ4v) is 4.56. The van der Waals surface area contributed by atoms with Crippen molar-refractivity contribution in [3.63, 3.8) is 0 Å². The quantitative estimate of drug-likeness (QED) is 0.551. The van der Waals surface area contributed by atoms with Crippen molar-refractivity contribution in [3.05, 3.63) is 54.4 Å². The molecular formula is C25H35N3O2. The van der Waals surface area contributed by atoms with Crippen LogP contribution in [0.25, 0.3) is 0 Å². The number of benzene rings is 1. The Kier molecular flexibility index (Phi) is 7.98. The third kappa shape index (κ3) is 6.19. The fraction of sp³-hybridized carbons (Fsp3) is 0.560. The largest absolute Gasteiger partial charge is 0.490 e. The maximum atomic E-state index is 6.02. The molecule has 4 rings (SSSR count). The van der Waals surface area contributed by atoms with Crippen molar-refractivity contribution >= 4 is 5.69 Å². The number of hydrogen-bond acceptors (Lipinski definition) is 5. The van der Waals surface area contributed by atoms with E-state index in [-0.39, 0.29) is 0 Å². The fourth-order valence-electron chi connectivity index (χ4n) is 4.56. The zero-order valence-corrected chi connectivity index (χ0v) is 18.0. The van der Waals surface area contributed by atoms with E-state index < -0.39 is 0 Å². The Morgan fingerprint density at radius 1 is 1.07 bits per heavy atom. The van der Waals surface area contributed by atoms with Crippen LogP contribution in [0.15, 0.2) is 48.8 Å². The summed E-state index contributed by atoms with van der Waals surface area (Å²) in [4.78, 5) is 6.98. The summed E-state index contributed by atoms with van der Waals surface area (Å²) < 4.78 is 11.9. The van der Waals surface area contributed by atoms with Crippen LogP contribution in [-0.2, 0) is 11.3 Å². The van der Waals surface area contributed by atoms with Gasteiger partial charge in [-0.3, -0.25) is 4.98 Å². The van der Waals surface area contributed by atoms with Crippen molar-refractivity contribution in [2.45, 2.75) is 63.6 Å². The van der Waals surface area contributed by atoms with E-state index in [9.17, 15) is 0 Å². The van der Waals surface area contributed by atoms with Crippen LogP contribution in [0.2, 0.25) is 0 Å². The van der Waals surface area contributed by atoms with E-state index in [0.717, 1.165) is 38.5 Å². The van der Waals surface area contributed by atoms with Crippen LogP contribution >= 0.6 is 0 Å². The first-order chi connectivity index (χ1) is 14.9. The predicted octanol–water partition coefficient (Wildman–Crippen LogP) is 4.57. The van der Waals surface area contributed by atoms with Gasteiger partial charge in [0.15, 0.2) is 0 Å². The number of rotatable bonds is 11. The summed E-state index contributed by atoms with van der Waals surface area (Å²) in [5, 5.41) is 3.48. The Hall–Kier alpha value is -2.11. The first kappa shape index (κ1) is 21.1. The van der Waals surface area contributed by atoms with Crippen LogP contribution in [0.3, 0.4) is 0 Å². The third-order valence-electron chi connectivity index (χ3n) is 6.21. The summed E-state index contributed by atoms with van der Waals surface area (Å²) >= 11 is 0. The Bertz CT molecular complexity index is 749. The first-order valence-corrected chi connectivity index (χ1v) is 11.6. The number of pyridine rings is 1. The molecule has 0 aliphatic carbocycles. The number of aromatic nitrogens is 1. The molecule has 0 bridgehead atoms. The summed E-state index contributed by atoms with van der Waals surface area (Å²) in [6.07, 6.45) is 12.3. The van der Waals surface area contributed by atoms with Gasteiger partial charge in [-0.15, -0.1) is 0 Å². The van der Waals surface area contributed by atoms with Gasteiger partial charge in [-0.05, 0) is 57.1 Å². The Morgan fingerprint density at radius 3 is 2.87 bits per heavy atom. The molecule has 2 aromatic rings. The molecule has 1 aromatic carbocycles. The maximum Gasteiger partial charge on any atom is 0.139 e. The lowest BCUT2D eigenvalue weighted by Crippen LogP contribution is -2.30. The number of anilines is 1. The van der Waals surface area contributed by atoms with Gasteiger partial charge in [0.25, 0.3) is 0 Å². The van der Waals surface area contributed by atoms with Crippen molar-refractivity contribution in [1.29, 1.82) is 0 Å². The smallest absolute Gasteiger partial charge is 0.139 e. The van der Waals surface area contributed by atoms with Gasteiger partial charge in [0.05, 0.1) is 24.7 Å².